The molecule has 0 spiro atoms. The van der Waals surface area contributed by atoms with Crippen molar-refractivity contribution in [2.75, 3.05) is 13.6 Å². The Kier molecular flexibility index (Phi) is 6.36. The lowest BCUT2D eigenvalue weighted by Gasteiger charge is -2.16. The quantitative estimate of drug-likeness (QED) is 0.642. The number of benzene rings is 2. The Labute approximate surface area is 158 Å². The highest BCUT2D eigenvalue weighted by Crippen LogP contribution is 2.20. The molecule has 1 heterocycles. The van der Waals surface area contributed by atoms with Crippen molar-refractivity contribution in [3.8, 4) is 0 Å². The Bertz CT molecular complexity index is 814. The van der Waals surface area contributed by atoms with Gasteiger partial charge < -0.3 is 10.2 Å². The number of carbonyl (C=O) groups excluding carboxylic acids is 1. The Morgan fingerprint density at radius 3 is 2.65 bits per heavy atom. The first kappa shape index (κ1) is 18.5. The second-order valence-corrected chi connectivity index (χ2v) is 7.99. The van der Waals surface area contributed by atoms with E-state index in [2.05, 4.69) is 47.6 Å². The number of hydrogen-bond donors (Lipinski definition) is 2. The third-order valence-corrected chi connectivity index (χ3v) is 5.41. The number of carbonyl (C=O) groups is 1. The maximum Gasteiger partial charge on any atom is 0.275 e. The molecule has 3 rings (SSSR count). The molecule has 0 aliphatic heterocycles. The van der Waals surface area contributed by atoms with Crippen LogP contribution in [-0.4, -0.2) is 30.5 Å². The van der Waals surface area contributed by atoms with Crippen molar-refractivity contribution >= 4 is 27.5 Å². The van der Waals surface area contributed by atoms with E-state index < -0.39 is 0 Å². The van der Waals surface area contributed by atoms with Crippen LogP contribution >= 0.6 is 11.3 Å². The topological polar surface area (TPSA) is 46.4 Å². The Morgan fingerprint density at radius 2 is 1.88 bits per heavy atom. The van der Waals surface area contributed by atoms with E-state index in [4.69, 9.17) is 0 Å². The summed E-state index contributed by atoms with van der Waals surface area (Å²) in [7, 11) is 2.04. The van der Waals surface area contributed by atoms with Crippen LogP contribution in [0.4, 0.5) is 0 Å². The molecule has 26 heavy (non-hydrogen) atoms. The summed E-state index contributed by atoms with van der Waals surface area (Å²) in [6, 6.07) is 18.7. The molecule has 4 nitrogen and oxygen atoms in total. The molecule has 1 aromatic heterocycles. The Hall–Kier alpha value is -2.24. The molecule has 0 aliphatic carbocycles. The zero-order chi connectivity index (χ0) is 18.4. The average molecular weight is 369 g/mol. The van der Waals surface area contributed by atoms with Crippen LogP contribution in [0.1, 0.15) is 23.9 Å². The first-order valence-electron chi connectivity index (χ1n) is 9.09. The fourth-order valence-corrected chi connectivity index (χ4v) is 4.10. The first-order chi connectivity index (χ1) is 12.6. The predicted octanol–water partition coefficient (Wildman–Crippen LogP) is 2.45. The summed E-state index contributed by atoms with van der Waals surface area (Å²) in [5.41, 5.74) is 2.35. The normalized spacial score (nSPS) is 13.5. The molecule has 2 aromatic carbocycles. The lowest BCUT2D eigenvalue weighted by molar-refractivity contribution is -0.885. The Balaban J connectivity index is 1.43. The van der Waals surface area contributed by atoms with Crippen molar-refractivity contribution in [3.63, 3.8) is 0 Å². The van der Waals surface area contributed by atoms with Crippen molar-refractivity contribution in [3.05, 3.63) is 65.2 Å². The van der Waals surface area contributed by atoms with Crippen molar-refractivity contribution in [1.29, 1.82) is 0 Å². The van der Waals surface area contributed by atoms with Gasteiger partial charge >= 0.3 is 0 Å². The SMILES string of the molecule is C[C@H](CCc1ccccc1)NC(=O)C[NH+](C)Cc1nc2ccccc2s1. The number of rotatable bonds is 8. The molecule has 0 radical (unpaired) electrons. The van der Waals surface area contributed by atoms with Gasteiger partial charge in [-0.2, -0.15) is 0 Å². The van der Waals surface area contributed by atoms with E-state index in [-0.39, 0.29) is 11.9 Å². The monoisotopic (exact) mass is 368 g/mol. The number of likely N-dealkylation sites (N-methyl/N-ethyl adjacent to an activating group) is 1. The molecule has 0 bridgehead atoms. The number of aromatic nitrogens is 1. The van der Waals surface area contributed by atoms with Crippen LogP contribution < -0.4 is 10.2 Å². The van der Waals surface area contributed by atoms with Crippen molar-refractivity contribution in [2.24, 2.45) is 0 Å². The van der Waals surface area contributed by atoms with E-state index in [9.17, 15) is 4.79 Å². The fourth-order valence-electron chi connectivity index (χ4n) is 3.02. The van der Waals surface area contributed by atoms with Crippen molar-refractivity contribution in [1.82, 2.24) is 10.3 Å². The standard InChI is InChI=1S/C21H25N3OS/c1-16(12-13-17-8-4-3-5-9-17)22-20(25)14-24(2)15-21-23-18-10-6-7-11-19(18)26-21/h3-11,16H,12-15H2,1-2H3,(H,22,25)/p+1/t16-/m1/s1. The second-order valence-electron chi connectivity index (χ2n) is 6.88. The second kappa shape index (κ2) is 8.92. The molecule has 3 aromatic rings. The van der Waals surface area contributed by atoms with Crippen LogP contribution in [0.15, 0.2) is 54.6 Å². The van der Waals surface area contributed by atoms with Crippen LogP contribution in [0, 0.1) is 0 Å². The molecule has 1 amide bonds. The molecule has 136 valence electrons. The smallest absolute Gasteiger partial charge is 0.275 e. The number of quaternary nitrogens is 1. The van der Waals surface area contributed by atoms with E-state index in [0.29, 0.717) is 6.54 Å². The maximum absolute atomic E-state index is 12.3. The van der Waals surface area contributed by atoms with Gasteiger partial charge in [0.15, 0.2) is 6.54 Å². The minimum absolute atomic E-state index is 0.101. The van der Waals surface area contributed by atoms with E-state index in [0.717, 1.165) is 34.8 Å². The fraction of sp³-hybridized carbons (Fsp3) is 0.333. The lowest BCUT2D eigenvalue weighted by Crippen LogP contribution is -3.09. The minimum Gasteiger partial charge on any atom is -0.349 e. The lowest BCUT2D eigenvalue weighted by atomic mass is 10.1. The molecule has 0 fully saturated rings. The highest BCUT2D eigenvalue weighted by atomic mass is 32.1. The van der Waals surface area contributed by atoms with Gasteiger partial charge in [0, 0.05) is 6.04 Å². The van der Waals surface area contributed by atoms with E-state index in [1.165, 1.54) is 10.3 Å². The highest BCUT2D eigenvalue weighted by molar-refractivity contribution is 7.18. The van der Waals surface area contributed by atoms with Crippen molar-refractivity contribution < 1.29 is 9.69 Å². The number of nitrogens with zero attached hydrogens (tertiary/aromatic N) is 1. The van der Waals surface area contributed by atoms with Gasteiger partial charge in [-0.1, -0.05) is 42.5 Å². The number of aryl methyl sites for hydroxylation is 1. The van der Waals surface area contributed by atoms with Gasteiger partial charge in [0.1, 0.15) is 11.6 Å². The first-order valence-corrected chi connectivity index (χ1v) is 9.91. The summed E-state index contributed by atoms with van der Waals surface area (Å²) >= 11 is 1.71. The molecule has 0 aliphatic rings. The van der Waals surface area contributed by atoms with Crippen LogP contribution in [0.2, 0.25) is 0 Å². The predicted molar refractivity (Wildman–Crippen MR) is 107 cm³/mol. The number of para-hydroxylation sites is 1. The number of nitrogens with one attached hydrogen (secondary N) is 2. The summed E-state index contributed by atoms with van der Waals surface area (Å²) in [5.74, 6) is 0.101. The van der Waals surface area contributed by atoms with Gasteiger partial charge in [-0.15, -0.1) is 11.3 Å². The largest absolute Gasteiger partial charge is 0.349 e. The van der Waals surface area contributed by atoms with E-state index in [1.54, 1.807) is 11.3 Å². The van der Waals surface area contributed by atoms with Crippen LogP contribution in [0.5, 0.6) is 0 Å². The molecule has 2 N–H and O–H groups in total. The molecule has 0 saturated heterocycles. The van der Waals surface area contributed by atoms with Gasteiger partial charge in [0.05, 0.1) is 17.3 Å². The van der Waals surface area contributed by atoms with Crippen LogP contribution in [-0.2, 0) is 17.8 Å². The van der Waals surface area contributed by atoms with E-state index >= 15 is 0 Å². The molecule has 0 saturated carbocycles. The van der Waals surface area contributed by atoms with Crippen molar-refractivity contribution in [2.45, 2.75) is 32.4 Å². The van der Waals surface area contributed by atoms with E-state index in [1.807, 2.05) is 31.3 Å². The minimum atomic E-state index is 0.101. The van der Waals surface area contributed by atoms with Gasteiger partial charge in [-0.3, -0.25) is 4.79 Å². The summed E-state index contributed by atoms with van der Waals surface area (Å²) in [5, 5.41) is 4.19. The van der Waals surface area contributed by atoms with Gasteiger partial charge in [-0.05, 0) is 37.5 Å². The van der Waals surface area contributed by atoms with Gasteiger partial charge in [0.2, 0.25) is 0 Å². The van der Waals surface area contributed by atoms with Gasteiger partial charge in [0.25, 0.3) is 5.91 Å². The number of amides is 1. The Morgan fingerprint density at radius 1 is 1.15 bits per heavy atom. The summed E-state index contributed by atoms with van der Waals surface area (Å²) in [6.07, 6.45) is 1.93. The summed E-state index contributed by atoms with van der Waals surface area (Å²) in [4.78, 5) is 18.1. The maximum atomic E-state index is 12.3. The zero-order valence-electron chi connectivity index (χ0n) is 15.4. The number of fused-ring (bicyclic) bond motifs is 1. The molecular formula is C21H26N3OS+. The highest BCUT2D eigenvalue weighted by Gasteiger charge is 2.15. The summed E-state index contributed by atoms with van der Waals surface area (Å²) < 4.78 is 1.20. The molecule has 5 heteroatoms. The molecule has 1 unspecified atom stereocenters. The van der Waals surface area contributed by atoms with Crippen LogP contribution in [0.25, 0.3) is 10.2 Å². The average Bonchev–Trinajstić information content (AvgIpc) is 3.02. The third kappa shape index (κ3) is 5.38. The van der Waals surface area contributed by atoms with Gasteiger partial charge in [-0.25, -0.2) is 4.98 Å². The zero-order valence-corrected chi connectivity index (χ0v) is 16.2. The molecule has 2 atom stereocenters. The summed E-state index contributed by atoms with van der Waals surface area (Å²) in [6.45, 7) is 3.31. The number of thiazole rings is 1. The number of hydrogen-bond acceptors (Lipinski definition) is 3. The van der Waals surface area contributed by atoms with Crippen LogP contribution in [0.3, 0.4) is 0 Å². The third-order valence-electron chi connectivity index (χ3n) is 4.37. The molecular weight excluding hydrogens is 342 g/mol.